The second kappa shape index (κ2) is 9.94. The number of carbonyl (C=O) groups excluding carboxylic acids is 1. The van der Waals surface area contributed by atoms with E-state index in [4.69, 9.17) is 4.74 Å². The molecule has 7 heteroatoms. The average molecular weight is 426 g/mol. The van der Waals surface area contributed by atoms with Crippen LogP contribution >= 0.6 is 0 Å². The van der Waals surface area contributed by atoms with E-state index in [1.807, 2.05) is 37.6 Å². The van der Waals surface area contributed by atoms with Crippen molar-refractivity contribution < 1.29 is 9.53 Å². The normalized spacial score (nSPS) is 23.7. The minimum Gasteiger partial charge on any atom is -0.373 e. The first-order valence-electron chi connectivity index (χ1n) is 11.4. The number of benzene rings is 1. The quantitative estimate of drug-likeness (QED) is 0.771. The number of carbonyl (C=O) groups is 1. The van der Waals surface area contributed by atoms with Gasteiger partial charge in [-0.15, -0.1) is 0 Å². The number of ether oxygens (including phenoxy) is 1. The molecular weight excluding hydrogens is 390 g/mol. The van der Waals surface area contributed by atoms with Crippen molar-refractivity contribution in [2.75, 3.05) is 31.5 Å². The summed E-state index contributed by atoms with van der Waals surface area (Å²) in [5.74, 6) is 1.28. The molecule has 1 N–H and O–H groups in total. The minimum absolute atomic E-state index is 0.0640. The van der Waals surface area contributed by atoms with E-state index in [0.29, 0.717) is 0 Å². The smallest absolute Gasteiger partial charge is 0.227 e. The summed E-state index contributed by atoms with van der Waals surface area (Å²) in [4.78, 5) is 22.2. The van der Waals surface area contributed by atoms with Gasteiger partial charge in [0.15, 0.2) is 0 Å². The fourth-order valence-electron chi connectivity index (χ4n) is 4.77. The first-order valence-corrected chi connectivity index (χ1v) is 11.4. The number of para-hydroxylation sites is 1. The summed E-state index contributed by atoms with van der Waals surface area (Å²) in [6.45, 7) is 9.61. The van der Waals surface area contributed by atoms with Crippen LogP contribution in [0.3, 0.4) is 0 Å². The monoisotopic (exact) mass is 425 g/mol. The van der Waals surface area contributed by atoms with Gasteiger partial charge in [-0.3, -0.25) is 14.6 Å². The van der Waals surface area contributed by atoms with E-state index in [9.17, 15) is 4.79 Å². The van der Waals surface area contributed by atoms with Gasteiger partial charge in [-0.05, 0) is 51.4 Å². The summed E-state index contributed by atoms with van der Waals surface area (Å²) in [6.07, 6.45) is 6.06. The van der Waals surface area contributed by atoms with Gasteiger partial charge in [-0.25, -0.2) is 4.98 Å². The molecule has 1 aromatic carbocycles. The molecule has 7 nitrogen and oxygen atoms in total. The van der Waals surface area contributed by atoms with E-state index in [1.54, 1.807) is 0 Å². The van der Waals surface area contributed by atoms with Crippen LogP contribution in [0.25, 0.3) is 0 Å². The van der Waals surface area contributed by atoms with Crippen LogP contribution in [0.4, 0.5) is 5.69 Å². The van der Waals surface area contributed by atoms with Gasteiger partial charge < -0.3 is 14.6 Å². The number of anilines is 1. The Morgan fingerprint density at radius 2 is 1.81 bits per heavy atom. The van der Waals surface area contributed by atoms with Crippen molar-refractivity contribution in [1.82, 2.24) is 19.4 Å². The first-order chi connectivity index (χ1) is 15.0. The van der Waals surface area contributed by atoms with Gasteiger partial charge in [0.05, 0.1) is 18.8 Å². The molecule has 2 aliphatic heterocycles. The van der Waals surface area contributed by atoms with Crippen LogP contribution < -0.4 is 5.32 Å². The van der Waals surface area contributed by atoms with Gasteiger partial charge in [-0.2, -0.15) is 0 Å². The van der Waals surface area contributed by atoms with E-state index in [-0.39, 0.29) is 24.0 Å². The van der Waals surface area contributed by atoms with Gasteiger partial charge in [0.2, 0.25) is 5.91 Å². The molecule has 0 saturated carbocycles. The van der Waals surface area contributed by atoms with Crippen molar-refractivity contribution >= 4 is 11.6 Å². The zero-order valence-electron chi connectivity index (χ0n) is 19.0. The number of amides is 1. The van der Waals surface area contributed by atoms with Gasteiger partial charge in [0, 0.05) is 50.7 Å². The number of likely N-dealkylation sites (tertiary alicyclic amines) is 1. The Labute approximate surface area is 185 Å². The number of imidazole rings is 1. The molecule has 0 bridgehead atoms. The van der Waals surface area contributed by atoms with Crippen LogP contribution in [0.2, 0.25) is 0 Å². The zero-order valence-corrected chi connectivity index (χ0v) is 19.0. The summed E-state index contributed by atoms with van der Waals surface area (Å²) in [6, 6.07) is 8.19. The van der Waals surface area contributed by atoms with Crippen LogP contribution in [-0.2, 0) is 29.7 Å². The van der Waals surface area contributed by atoms with Crippen molar-refractivity contribution in [3.8, 4) is 0 Å². The highest BCUT2D eigenvalue weighted by Gasteiger charge is 2.27. The van der Waals surface area contributed by atoms with Crippen LogP contribution in [0.1, 0.15) is 38.1 Å². The third kappa shape index (κ3) is 5.73. The summed E-state index contributed by atoms with van der Waals surface area (Å²) >= 11 is 0. The fraction of sp³-hybridized carbons (Fsp3) is 0.583. The van der Waals surface area contributed by atoms with Gasteiger partial charge >= 0.3 is 0 Å². The molecule has 0 spiro atoms. The molecule has 2 atom stereocenters. The predicted molar refractivity (Wildman–Crippen MR) is 122 cm³/mol. The number of morpholine rings is 1. The third-order valence-electron chi connectivity index (χ3n) is 6.41. The van der Waals surface area contributed by atoms with Crippen molar-refractivity contribution in [2.24, 2.45) is 13.0 Å². The molecule has 2 saturated heterocycles. The first kappa shape index (κ1) is 22.0. The lowest BCUT2D eigenvalue weighted by molar-refractivity contribution is -0.121. The molecule has 3 heterocycles. The number of rotatable bonds is 6. The van der Waals surface area contributed by atoms with Crippen LogP contribution in [-0.4, -0.2) is 63.6 Å². The highest BCUT2D eigenvalue weighted by Crippen LogP contribution is 2.24. The van der Waals surface area contributed by atoms with Crippen LogP contribution in [0.15, 0.2) is 36.7 Å². The van der Waals surface area contributed by atoms with E-state index in [0.717, 1.165) is 63.6 Å². The fourth-order valence-corrected chi connectivity index (χ4v) is 4.77. The topological polar surface area (TPSA) is 62.6 Å². The molecular formula is C24H35N5O2. The summed E-state index contributed by atoms with van der Waals surface area (Å²) < 4.78 is 7.92. The maximum Gasteiger partial charge on any atom is 0.227 e. The van der Waals surface area contributed by atoms with E-state index in [2.05, 4.69) is 44.6 Å². The maximum atomic E-state index is 13.0. The van der Waals surface area contributed by atoms with Gasteiger partial charge in [-0.1, -0.05) is 18.2 Å². The van der Waals surface area contributed by atoms with E-state index >= 15 is 0 Å². The molecule has 168 valence electrons. The number of aromatic nitrogens is 2. The Bertz CT molecular complexity index is 864. The van der Waals surface area contributed by atoms with Crippen LogP contribution in [0.5, 0.6) is 0 Å². The lowest BCUT2D eigenvalue weighted by Gasteiger charge is -2.35. The minimum atomic E-state index is 0.0640. The lowest BCUT2D eigenvalue weighted by atomic mass is 9.95. The molecule has 2 unspecified atom stereocenters. The summed E-state index contributed by atoms with van der Waals surface area (Å²) in [5.41, 5.74) is 2.11. The second-order valence-corrected chi connectivity index (χ2v) is 9.10. The standard InChI is InChI=1S/C24H35N5O2/c1-18-14-29(15-19(2)31-18)16-21-6-4-5-7-22(21)26-24(30)20-8-11-28(12-9-20)17-23-25-10-13-27(23)3/h4-7,10,13,18-20H,8-9,11-12,14-17H2,1-3H3,(H,26,30). The number of piperidine rings is 1. The largest absolute Gasteiger partial charge is 0.373 e. The molecule has 0 radical (unpaired) electrons. The van der Waals surface area contributed by atoms with E-state index in [1.165, 1.54) is 5.56 Å². The molecule has 1 amide bonds. The molecule has 2 aromatic rings. The summed E-state index contributed by atoms with van der Waals surface area (Å²) in [7, 11) is 2.03. The Balaban J connectivity index is 1.31. The molecule has 4 rings (SSSR count). The lowest BCUT2D eigenvalue weighted by Crippen LogP contribution is -2.45. The number of nitrogens with one attached hydrogen (secondary N) is 1. The second-order valence-electron chi connectivity index (χ2n) is 9.10. The molecule has 0 aliphatic carbocycles. The number of nitrogens with zero attached hydrogens (tertiary/aromatic N) is 4. The number of hydrogen-bond acceptors (Lipinski definition) is 5. The van der Waals surface area contributed by atoms with Gasteiger partial charge in [0.1, 0.15) is 5.82 Å². The van der Waals surface area contributed by atoms with Crippen molar-refractivity contribution in [2.45, 2.75) is 52.0 Å². The predicted octanol–water partition coefficient (Wildman–Crippen LogP) is 2.88. The Morgan fingerprint density at radius 1 is 1.10 bits per heavy atom. The van der Waals surface area contributed by atoms with Crippen molar-refractivity contribution in [1.29, 1.82) is 0 Å². The third-order valence-corrected chi connectivity index (χ3v) is 6.41. The molecule has 2 fully saturated rings. The Kier molecular flexibility index (Phi) is 7.05. The summed E-state index contributed by atoms with van der Waals surface area (Å²) in [5, 5.41) is 3.23. The SMILES string of the molecule is CC1CN(Cc2ccccc2NC(=O)C2CCN(Cc3nccn3C)CC2)CC(C)O1. The molecule has 2 aliphatic rings. The Hall–Kier alpha value is -2.22. The van der Waals surface area contributed by atoms with Crippen molar-refractivity contribution in [3.05, 3.63) is 48.0 Å². The Morgan fingerprint density at radius 3 is 2.48 bits per heavy atom. The highest BCUT2D eigenvalue weighted by atomic mass is 16.5. The van der Waals surface area contributed by atoms with Crippen LogP contribution in [0, 0.1) is 5.92 Å². The zero-order chi connectivity index (χ0) is 21.8. The molecule has 1 aromatic heterocycles. The van der Waals surface area contributed by atoms with Gasteiger partial charge in [0.25, 0.3) is 0 Å². The average Bonchev–Trinajstić information content (AvgIpc) is 3.13. The van der Waals surface area contributed by atoms with E-state index < -0.39 is 0 Å². The molecule has 31 heavy (non-hydrogen) atoms. The number of aryl methyl sites for hydroxylation is 1. The van der Waals surface area contributed by atoms with Crippen molar-refractivity contribution in [3.63, 3.8) is 0 Å². The number of hydrogen-bond donors (Lipinski definition) is 1. The highest BCUT2D eigenvalue weighted by molar-refractivity contribution is 5.93. The maximum absolute atomic E-state index is 13.0.